The molecular formula is C10H16Br2O4. The van der Waals surface area contributed by atoms with Gasteiger partial charge in [0.15, 0.2) is 0 Å². The number of carbonyl (C=O) groups excluding carboxylic acids is 2. The van der Waals surface area contributed by atoms with Crippen LogP contribution in [0.5, 0.6) is 0 Å². The van der Waals surface area contributed by atoms with Crippen LogP contribution >= 0.6 is 31.9 Å². The van der Waals surface area contributed by atoms with Crippen LogP contribution in [0.3, 0.4) is 0 Å². The predicted octanol–water partition coefficient (Wildman–Crippen LogP) is 2.42. The summed E-state index contributed by atoms with van der Waals surface area (Å²) in [5.41, 5.74) is 0. The lowest BCUT2D eigenvalue weighted by molar-refractivity contribution is -0.150. The summed E-state index contributed by atoms with van der Waals surface area (Å²) in [6.45, 7) is 0.750. The largest absolute Gasteiger partial charge is 0.466 e. The summed E-state index contributed by atoms with van der Waals surface area (Å²) in [6, 6.07) is 0. The summed E-state index contributed by atoms with van der Waals surface area (Å²) in [5, 5.41) is 1.51. The van der Waals surface area contributed by atoms with Gasteiger partial charge in [0, 0.05) is 10.7 Å². The zero-order valence-corrected chi connectivity index (χ0v) is 12.2. The van der Waals surface area contributed by atoms with Crippen molar-refractivity contribution in [2.24, 2.45) is 0 Å². The summed E-state index contributed by atoms with van der Waals surface area (Å²) < 4.78 is 9.71. The Kier molecular flexibility index (Phi) is 11.3. The molecule has 0 aliphatic carbocycles. The minimum absolute atomic E-state index is 0.0876. The Balaban J connectivity index is 3.38. The Hall–Kier alpha value is -0.100. The third-order valence-electron chi connectivity index (χ3n) is 1.66. The third-order valence-corrected chi connectivity index (χ3v) is 2.55. The van der Waals surface area contributed by atoms with Crippen LogP contribution in [0.2, 0.25) is 0 Å². The van der Waals surface area contributed by atoms with E-state index >= 15 is 0 Å². The zero-order valence-electron chi connectivity index (χ0n) is 9.05. The van der Waals surface area contributed by atoms with Gasteiger partial charge < -0.3 is 9.47 Å². The standard InChI is InChI=1S/C10H16Br2O4/c11-5-1-2-7-15-9(13)3-4-10(14)16-8-6-12/h1-8H2. The lowest BCUT2D eigenvalue weighted by atomic mass is 10.3. The van der Waals surface area contributed by atoms with Gasteiger partial charge >= 0.3 is 11.9 Å². The first-order valence-corrected chi connectivity index (χ1v) is 7.38. The van der Waals surface area contributed by atoms with E-state index in [9.17, 15) is 9.59 Å². The maximum atomic E-state index is 11.1. The average molecular weight is 360 g/mol. The van der Waals surface area contributed by atoms with Gasteiger partial charge in [0.25, 0.3) is 0 Å². The normalized spacial score (nSPS) is 9.88. The van der Waals surface area contributed by atoms with Crippen molar-refractivity contribution in [3.8, 4) is 0 Å². The number of unbranched alkanes of at least 4 members (excludes halogenated alkanes) is 1. The number of halogens is 2. The fourth-order valence-electron chi connectivity index (χ4n) is 0.883. The highest BCUT2D eigenvalue weighted by Gasteiger charge is 2.08. The molecule has 4 nitrogen and oxygen atoms in total. The lowest BCUT2D eigenvalue weighted by Gasteiger charge is -2.04. The fourth-order valence-corrected chi connectivity index (χ4v) is 1.44. The van der Waals surface area contributed by atoms with Crippen molar-refractivity contribution >= 4 is 43.8 Å². The van der Waals surface area contributed by atoms with E-state index in [0.717, 1.165) is 18.2 Å². The Bertz CT molecular complexity index is 209. The quantitative estimate of drug-likeness (QED) is 0.360. The Labute approximate surface area is 112 Å². The number of hydrogen-bond acceptors (Lipinski definition) is 4. The topological polar surface area (TPSA) is 52.6 Å². The number of rotatable bonds is 9. The second-order valence-electron chi connectivity index (χ2n) is 3.03. The van der Waals surface area contributed by atoms with Gasteiger partial charge in [-0.25, -0.2) is 0 Å². The molecule has 0 bridgehead atoms. The highest BCUT2D eigenvalue weighted by atomic mass is 79.9. The molecular weight excluding hydrogens is 344 g/mol. The molecule has 0 atom stereocenters. The molecule has 0 N–H and O–H groups in total. The van der Waals surface area contributed by atoms with Gasteiger partial charge in [-0.15, -0.1) is 0 Å². The van der Waals surface area contributed by atoms with E-state index in [2.05, 4.69) is 31.9 Å². The highest BCUT2D eigenvalue weighted by Crippen LogP contribution is 1.99. The summed E-state index contributed by atoms with van der Waals surface area (Å²) in [5.74, 6) is -0.706. The van der Waals surface area contributed by atoms with E-state index in [-0.39, 0.29) is 24.8 Å². The van der Waals surface area contributed by atoms with Gasteiger partial charge in [-0.05, 0) is 12.8 Å². The Morgan fingerprint density at radius 2 is 1.38 bits per heavy atom. The summed E-state index contributed by atoms with van der Waals surface area (Å²) >= 11 is 6.42. The van der Waals surface area contributed by atoms with Crippen molar-refractivity contribution in [1.29, 1.82) is 0 Å². The molecule has 0 heterocycles. The Morgan fingerprint density at radius 1 is 0.812 bits per heavy atom. The Morgan fingerprint density at radius 3 is 1.88 bits per heavy atom. The number of carbonyl (C=O) groups is 2. The van der Waals surface area contributed by atoms with Crippen molar-refractivity contribution in [3.63, 3.8) is 0 Å². The maximum Gasteiger partial charge on any atom is 0.306 e. The molecule has 0 aromatic heterocycles. The second kappa shape index (κ2) is 11.4. The number of ether oxygens (including phenoxy) is 2. The summed E-state index contributed by atoms with van der Waals surface area (Å²) in [6.07, 6.45) is 1.99. The number of alkyl halides is 2. The maximum absolute atomic E-state index is 11.1. The van der Waals surface area contributed by atoms with Crippen LogP contribution in [0.4, 0.5) is 0 Å². The molecule has 0 amide bonds. The smallest absolute Gasteiger partial charge is 0.306 e. The third kappa shape index (κ3) is 10.4. The second-order valence-corrected chi connectivity index (χ2v) is 4.61. The molecule has 0 fully saturated rings. The molecule has 0 aromatic carbocycles. The molecule has 0 aromatic rings. The first kappa shape index (κ1) is 15.9. The SMILES string of the molecule is O=C(CCC(=O)OCCCCBr)OCCBr. The zero-order chi connectivity index (χ0) is 12.2. The molecule has 94 valence electrons. The molecule has 0 saturated carbocycles. The van der Waals surface area contributed by atoms with Crippen LogP contribution in [0, 0.1) is 0 Å². The van der Waals surface area contributed by atoms with Crippen LogP contribution in [0.1, 0.15) is 25.7 Å². The predicted molar refractivity (Wildman–Crippen MR) is 68.0 cm³/mol. The fraction of sp³-hybridized carbons (Fsp3) is 0.800. The van der Waals surface area contributed by atoms with Gasteiger partial charge in [0.05, 0.1) is 19.4 Å². The van der Waals surface area contributed by atoms with E-state index in [0.29, 0.717) is 18.5 Å². The van der Waals surface area contributed by atoms with E-state index in [4.69, 9.17) is 9.47 Å². The monoisotopic (exact) mass is 358 g/mol. The van der Waals surface area contributed by atoms with Gasteiger partial charge in [0.2, 0.25) is 0 Å². The van der Waals surface area contributed by atoms with Gasteiger partial charge in [0.1, 0.15) is 6.61 Å². The van der Waals surface area contributed by atoms with Crippen molar-refractivity contribution in [3.05, 3.63) is 0 Å². The molecule has 0 aliphatic heterocycles. The minimum Gasteiger partial charge on any atom is -0.466 e. The van der Waals surface area contributed by atoms with Crippen LogP contribution in [0.25, 0.3) is 0 Å². The van der Waals surface area contributed by atoms with E-state index < -0.39 is 0 Å². The highest BCUT2D eigenvalue weighted by molar-refractivity contribution is 9.09. The van der Waals surface area contributed by atoms with Gasteiger partial charge in [-0.2, -0.15) is 0 Å². The van der Waals surface area contributed by atoms with Crippen LogP contribution in [0.15, 0.2) is 0 Å². The number of hydrogen-bond donors (Lipinski definition) is 0. The molecule has 0 spiro atoms. The van der Waals surface area contributed by atoms with E-state index in [1.165, 1.54) is 0 Å². The minimum atomic E-state index is -0.364. The van der Waals surface area contributed by atoms with Crippen molar-refractivity contribution < 1.29 is 19.1 Å². The van der Waals surface area contributed by atoms with Crippen molar-refractivity contribution in [1.82, 2.24) is 0 Å². The first-order valence-electron chi connectivity index (χ1n) is 5.14. The van der Waals surface area contributed by atoms with Crippen molar-refractivity contribution in [2.75, 3.05) is 23.9 Å². The first-order chi connectivity index (χ1) is 7.70. The molecule has 0 aliphatic rings. The molecule has 0 unspecified atom stereocenters. The average Bonchev–Trinajstić information content (AvgIpc) is 2.29. The lowest BCUT2D eigenvalue weighted by Crippen LogP contribution is -2.11. The van der Waals surface area contributed by atoms with Crippen LogP contribution in [-0.4, -0.2) is 35.8 Å². The van der Waals surface area contributed by atoms with E-state index in [1.807, 2.05) is 0 Å². The van der Waals surface area contributed by atoms with Crippen LogP contribution in [-0.2, 0) is 19.1 Å². The van der Waals surface area contributed by atoms with Gasteiger partial charge in [-0.1, -0.05) is 31.9 Å². The molecule has 0 rings (SSSR count). The van der Waals surface area contributed by atoms with Gasteiger partial charge in [-0.3, -0.25) is 9.59 Å². The summed E-state index contributed by atoms with van der Waals surface area (Å²) in [4.78, 5) is 22.2. The van der Waals surface area contributed by atoms with E-state index in [1.54, 1.807) is 0 Å². The molecule has 6 heteroatoms. The van der Waals surface area contributed by atoms with Crippen molar-refractivity contribution in [2.45, 2.75) is 25.7 Å². The molecule has 0 radical (unpaired) electrons. The number of esters is 2. The van der Waals surface area contributed by atoms with Crippen LogP contribution < -0.4 is 0 Å². The molecule has 0 saturated heterocycles. The molecule has 16 heavy (non-hydrogen) atoms. The summed E-state index contributed by atoms with van der Waals surface area (Å²) in [7, 11) is 0.